The van der Waals surface area contributed by atoms with Crippen LogP contribution in [0.3, 0.4) is 0 Å². The van der Waals surface area contributed by atoms with Gasteiger partial charge in [0.2, 0.25) is 10.0 Å². The fourth-order valence-corrected chi connectivity index (χ4v) is 6.45. The normalized spacial score (nSPS) is 45.3. The number of halogens is 3. The Balaban J connectivity index is 1.40. The number of alkyl halides is 3. The van der Waals surface area contributed by atoms with E-state index in [9.17, 15) is 21.6 Å². The van der Waals surface area contributed by atoms with Crippen LogP contribution in [-0.2, 0) is 10.0 Å². The lowest BCUT2D eigenvalue weighted by Crippen LogP contribution is -2.56. The summed E-state index contributed by atoms with van der Waals surface area (Å²) in [7, 11) is -3.87. The molecule has 0 spiro atoms. The van der Waals surface area contributed by atoms with Crippen LogP contribution in [0.25, 0.3) is 0 Å². The highest BCUT2D eigenvalue weighted by Gasteiger charge is 2.47. The molecule has 7 unspecified atom stereocenters. The molecule has 3 aliphatic heterocycles. The van der Waals surface area contributed by atoms with Gasteiger partial charge in [0.1, 0.15) is 5.25 Å². The van der Waals surface area contributed by atoms with E-state index >= 15 is 0 Å². The van der Waals surface area contributed by atoms with Gasteiger partial charge in [0, 0.05) is 44.2 Å². The number of hydrogen-bond donors (Lipinski definition) is 4. The molecule has 168 valence electrons. The third-order valence-electron chi connectivity index (χ3n) is 6.51. The van der Waals surface area contributed by atoms with Crippen LogP contribution < -0.4 is 20.9 Å². The van der Waals surface area contributed by atoms with Gasteiger partial charge in [0.25, 0.3) is 0 Å². The lowest BCUT2D eigenvalue weighted by molar-refractivity contribution is -0.187. The number of rotatable bonds is 4. The summed E-state index contributed by atoms with van der Waals surface area (Å²) in [4.78, 5) is 0. The third-order valence-corrected chi connectivity index (χ3v) is 8.34. The average molecular weight is 445 g/mol. The van der Waals surface area contributed by atoms with Gasteiger partial charge in [0.05, 0.1) is 12.1 Å². The number of hydrazine groups is 2. The Morgan fingerprint density at radius 2 is 2.07 bits per heavy atom. The van der Waals surface area contributed by atoms with Gasteiger partial charge in [-0.1, -0.05) is 6.42 Å². The number of sulfonamides is 1. The maximum absolute atomic E-state index is 13.3. The van der Waals surface area contributed by atoms with Crippen molar-refractivity contribution in [1.82, 2.24) is 30.9 Å². The summed E-state index contributed by atoms with van der Waals surface area (Å²) in [5, 5.41) is 4.67. The van der Waals surface area contributed by atoms with Crippen LogP contribution in [-0.4, -0.2) is 81.3 Å². The van der Waals surface area contributed by atoms with Gasteiger partial charge in [-0.2, -0.15) is 13.2 Å². The minimum atomic E-state index is -4.49. The van der Waals surface area contributed by atoms with Gasteiger partial charge < -0.3 is 5.32 Å². The fraction of sp³-hybridized carbons (Fsp3) is 1.00. The largest absolute Gasteiger partial charge is 0.391 e. The molecule has 0 aromatic heterocycles. The lowest BCUT2D eigenvalue weighted by atomic mass is 9.82. The Morgan fingerprint density at radius 1 is 1.24 bits per heavy atom. The van der Waals surface area contributed by atoms with Crippen LogP contribution in [0.2, 0.25) is 0 Å². The van der Waals surface area contributed by atoms with Crippen molar-refractivity contribution in [3.63, 3.8) is 0 Å². The Labute approximate surface area is 175 Å². The maximum Gasteiger partial charge on any atom is 0.391 e. The van der Waals surface area contributed by atoms with Crippen LogP contribution in [0.4, 0.5) is 13.2 Å². The number of nitrogens with zero attached hydrogens (tertiary/aromatic N) is 2. The van der Waals surface area contributed by atoms with Crippen molar-refractivity contribution < 1.29 is 27.1 Å². The number of hydrogen-bond acceptors (Lipinski definition) is 7. The molecule has 12 heteroatoms. The summed E-state index contributed by atoms with van der Waals surface area (Å²) >= 11 is 0. The summed E-state index contributed by atoms with van der Waals surface area (Å²) in [6, 6.07) is -1.06. The Hall–Kier alpha value is -0.500. The Bertz CT molecular complexity index is 820. The maximum atomic E-state index is 13.3. The molecule has 0 radical (unpaired) electrons. The second-order valence-corrected chi connectivity index (χ2v) is 10.4. The molecular weight excluding hydrogens is 409 g/mol. The molecule has 4 aliphatic rings. The van der Waals surface area contributed by atoms with E-state index in [4.69, 9.17) is 5.48 Å². The SMILES string of the molecule is [2H]C1CNC(N2CC(S(=O)(=O)NC3CCCC4CNN(C([2H])([2H])[2H])C43)CN2)CC1C(F)(F)F. The highest BCUT2D eigenvalue weighted by Crippen LogP contribution is 2.35. The molecule has 29 heavy (non-hydrogen) atoms. The number of piperidine rings is 1. The zero-order chi connectivity index (χ0) is 24.2. The van der Waals surface area contributed by atoms with Gasteiger partial charge in [-0.25, -0.2) is 23.2 Å². The van der Waals surface area contributed by atoms with Crippen LogP contribution >= 0.6 is 0 Å². The molecule has 0 aromatic rings. The highest BCUT2D eigenvalue weighted by molar-refractivity contribution is 7.90. The molecule has 0 amide bonds. The average Bonchev–Trinajstić information content (AvgIpc) is 3.35. The van der Waals surface area contributed by atoms with Crippen molar-refractivity contribution in [1.29, 1.82) is 0 Å². The molecule has 4 rings (SSSR count). The van der Waals surface area contributed by atoms with Gasteiger partial charge in [-0.05, 0) is 38.1 Å². The molecule has 4 fully saturated rings. The predicted octanol–water partition coefficient (Wildman–Crippen LogP) is -0.0301. The van der Waals surface area contributed by atoms with Gasteiger partial charge >= 0.3 is 6.18 Å². The van der Waals surface area contributed by atoms with Crippen molar-refractivity contribution >= 4 is 10.0 Å². The molecule has 1 saturated carbocycles. The van der Waals surface area contributed by atoms with Crippen LogP contribution in [0.1, 0.15) is 37.6 Å². The van der Waals surface area contributed by atoms with E-state index < -0.39 is 59.0 Å². The molecule has 7 atom stereocenters. The second-order valence-electron chi connectivity index (χ2n) is 8.36. The second kappa shape index (κ2) is 8.21. The molecule has 4 N–H and O–H groups in total. The minimum Gasteiger partial charge on any atom is -0.301 e. The summed E-state index contributed by atoms with van der Waals surface area (Å²) in [5.41, 5.74) is 5.79. The van der Waals surface area contributed by atoms with E-state index in [2.05, 4.69) is 20.9 Å². The smallest absolute Gasteiger partial charge is 0.301 e. The quantitative estimate of drug-likeness (QED) is 0.484. The molecule has 0 bridgehead atoms. The molecular formula is C17H31F3N6O2S. The van der Waals surface area contributed by atoms with Crippen molar-refractivity contribution in [3.05, 3.63) is 0 Å². The molecule has 0 aromatic carbocycles. The first-order valence-corrected chi connectivity index (χ1v) is 11.6. The predicted molar refractivity (Wildman–Crippen MR) is 102 cm³/mol. The lowest BCUT2D eigenvalue weighted by Gasteiger charge is -2.37. The fourth-order valence-electron chi connectivity index (χ4n) is 4.92. The zero-order valence-corrected chi connectivity index (χ0v) is 16.8. The van der Waals surface area contributed by atoms with E-state index in [1.807, 2.05) is 0 Å². The van der Waals surface area contributed by atoms with Crippen molar-refractivity contribution in [2.75, 3.05) is 33.2 Å². The first-order chi connectivity index (χ1) is 15.3. The van der Waals surface area contributed by atoms with Gasteiger partial charge in [-0.15, -0.1) is 0 Å². The minimum absolute atomic E-state index is 0.0116. The van der Waals surface area contributed by atoms with Crippen LogP contribution in [0, 0.1) is 11.8 Å². The van der Waals surface area contributed by atoms with Gasteiger partial charge in [-0.3, -0.25) is 10.9 Å². The van der Waals surface area contributed by atoms with Crippen LogP contribution in [0.5, 0.6) is 0 Å². The first-order valence-electron chi connectivity index (χ1n) is 12.1. The van der Waals surface area contributed by atoms with E-state index in [0.717, 1.165) is 12.8 Å². The summed E-state index contributed by atoms with van der Waals surface area (Å²) in [5.74, 6) is -1.76. The Kier molecular flexibility index (Phi) is 4.84. The molecule has 3 saturated heterocycles. The topological polar surface area (TPSA) is 88.7 Å². The summed E-state index contributed by atoms with van der Waals surface area (Å²) in [6.07, 6.45) is -4.75. The van der Waals surface area contributed by atoms with Crippen LogP contribution in [0.15, 0.2) is 0 Å². The number of nitrogens with one attached hydrogen (secondary N) is 4. The summed E-state index contributed by atoms with van der Waals surface area (Å²) < 4.78 is 99.8. The van der Waals surface area contributed by atoms with E-state index in [-0.39, 0.29) is 32.0 Å². The van der Waals surface area contributed by atoms with Gasteiger partial charge in [0.15, 0.2) is 0 Å². The molecule has 1 aliphatic carbocycles. The number of fused-ring (bicyclic) bond motifs is 1. The first kappa shape index (κ1) is 17.1. The molecule has 8 nitrogen and oxygen atoms in total. The van der Waals surface area contributed by atoms with E-state index in [1.165, 1.54) is 10.0 Å². The Morgan fingerprint density at radius 3 is 2.83 bits per heavy atom. The molecule has 3 heterocycles. The van der Waals surface area contributed by atoms with Crippen molar-refractivity contribution in [2.24, 2.45) is 11.8 Å². The number of likely N-dealkylation sites (N-methyl/N-ethyl adjacent to an activating group) is 1. The van der Waals surface area contributed by atoms with Crippen molar-refractivity contribution in [3.8, 4) is 0 Å². The highest BCUT2D eigenvalue weighted by atomic mass is 32.2. The third kappa shape index (κ3) is 4.58. The summed E-state index contributed by atoms with van der Waals surface area (Å²) in [6.45, 7) is -2.03. The van der Waals surface area contributed by atoms with E-state index in [1.54, 1.807) is 0 Å². The standard InChI is InChI=1S/C17H31F3N6O2S/c1-25-16-11(8-22-25)3-2-4-14(16)24-29(27,28)13-9-23-26(10-13)15-7-12(5-6-21-15)17(18,19)20/h11-16,21-24H,2-10H2,1H3/i1D3,5D. The van der Waals surface area contributed by atoms with E-state index in [0.29, 0.717) is 13.0 Å². The monoisotopic (exact) mass is 444 g/mol. The zero-order valence-electron chi connectivity index (χ0n) is 20.0. The van der Waals surface area contributed by atoms with Crippen molar-refractivity contribution in [2.45, 2.75) is 61.8 Å².